The lowest BCUT2D eigenvalue weighted by Gasteiger charge is -2.55. The van der Waals surface area contributed by atoms with Crippen molar-refractivity contribution in [1.82, 2.24) is 29.9 Å². The summed E-state index contributed by atoms with van der Waals surface area (Å²) in [6, 6.07) is 5.23. The van der Waals surface area contributed by atoms with Crippen molar-refractivity contribution in [2.24, 2.45) is 5.41 Å². The number of ether oxygens (including phenoxy) is 1. The van der Waals surface area contributed by atoms with Crippen molar-refractivity contribution < 1.29 is 22.7 Å². The molecule has 0 unspecified atom stereocenters. The Hall–Kier alpha value is -4.00. The van der Waals surface area contributed by atoms with Crippen LogP contribution in [0.15, 0.2) is 43.0 Å². The molecule has 2 N–H and O–H groups in total. The van der Waals surface area contributed by atoms with Crippen molar-refractivity contribution in [1.29, 1.82) is 0 Å². The van der Waals surface area contributed by atoms with Gasteiger partial charge in [0.1, 0.15) is 12.2 Å². The molecule has 0 aromatic carbocycles. The van der Waals surface area contributed by atoms with Gasteiger partial charge in [-0.05, 0) is 30.5 Å². The predicted molar refractivity (Wildman–Crippen MR) is 130 cm³/mol. The number of aromatic nitrogens is 6. The lowest BCUT2D eigenvalue weighted by molar-refractivity contribution is -0.142. The lowest BCUT2D eigenvalue weighted by Crippen LogP contribution is -2.66. The maximum Gasteiger partial charge on any atom is 0.408 e. The highest BCUT2D eigenvalue weighted by Crippen LogP contribution is 2.49. The Morgan fingerprint density at radius 1 is 1.18 bits per heavy atom. The summed E-state index contributed by atoms with van der Waals surface area (Å²) < 4.78 is 46.6. The first-order valence-electron chi connectivity index (χ1n) is 12.3. The third-order valence-electron chi connectivity index (χ3n) is 7.66. The van der Waals surface area contributed by atoms with E-state index < -0.39 is 18.1 Å². The Balaban J connectivity index is 1.21. The molecule has 1 aliphatic carbocycles. The number of hydrogen-bond acceptors (Lipinski definition) is 7. The van der Waals surface area contributed by atoms with Crippen molar-refractivity contribution in [2.75, 3.05) is 36.5 Å². The SMILES string of the molecule is O=C(Nc1cn[nH]c1-c1cc2c(cn1)c(N1CC3(COC3)C1)nn2CC(F)(F)F)C1(c2cccnc2)CC1. The number of alkyl halides is 3. The van der Waals surface area contributed by atoms with Crippen LogP contribution in [0.25, 0.3) is 22.3 Å². The van der Waals surface area contributed by atoms with E-state index in [1.54, 1.807) is 24.5 Å². The van der Waals surface area contributed by atoms with Crippen LogP contribution >= 0.6 is 0 Å². The number of amides is 1. The number of hydrogen-bond donors (Lipinski definition) is 2. The molecule has 1 saturated carbocycles. The van der Waals surface area contributed by atoms with Gasteiger partial charge in [-0.1, -0.05) is 6.07 Å². The largest absolute Gasteiger partial charge is 0.408 e. The second kappa shape index (κ2) is 8.00. The normalized spacial score (nSPS) is 19.3. The lowest BCUT2D eigenvalue weighted by atomic mass is 9.78. The number of nitrogens with zero attached hydrogens (tertiary/aromatic N) is 6. The molecular formula is C25H23F3N8O2. The summed E-state index contributed by atoms with van der Waals surface area (Å²) in [5.41, 5.74) is 1.71. The summed E-state index contributed by atoms with van der Waals surface area (Å²) in [5.74, 6) is 0.288. The highest BCUT2D eigenvalue weighted by atomic mass is 19.4. The number of nitrogens with one attached hydrogen (secondary N) is 2. The van der Waals surface area contributed by atoms with Crippen molar-refractivity contribution in [3.05, 3.63) is 48.5 Å². The van der Waals surface area contributed by atoms with Gasteiger partial charge in [-0.25, -0.2) is 0 Å². The molecule has 0 radical (unpaired) electrons. The summed E-state index contributed by atoms with van der Waals surface area (Å²) in [6.45, 7) is 1.45. The van der Waals surface area contributed by atoms with Crippen LogP contribution in [0.5, 0.6) is 0 Å². The van der Waals surface area contributed by atoms with Gasteiger partial charge in [-0.3, -0.25) is 24.5 Å². The van der Waals surface area contributed by atoms with Gasteiger partial charge in [0, 0.05) is 31.7 Å². The molecule has 3 fully saturated rings. The molecule has 13 heteroatoms. The Labute approximate surface area is 214 Å². The molecule has 38 heavy (non-hydrogen) atoms. The second-order valence-electron chi connectivity index (χ2n) is 10.5. The van der Waals surface area contributed by atoms with Gasteiger partial charge in [0.15, 0.2) is 5.82 Å². The predicted octanol–water partition coefficient (Wildman–Crippen LogP) is 3.29. The number of anilines is 2. The van der Waals surface area contributed by atoms with E-state index in [4.69, 9.17) is 4.74 Å². The highest BCUT2D eigenvalue weighted by Gasteiger charge is 2.52. The smallest absolute Gasteiger partial charge is 0.380 e. The maximum atomic E-state index is 13.4. The summed E-state index contributed by atoms with van der Waals surface area (Å²) in [7, 11) is 0. The fourth-order valence-corrected chi connectivity index (χ4v) is 5.44. The van der Waals surface area contributed by atoms with E-state index in [9.17, 15) is 18.0 Å². The Morgan fingerprint density at radius 3 is 2.66 bits per heavy atom. The Morgan fingerprint density at radius 2 is 2.00 bits per heavy atom. The van der Waals surface area contributed by atoms with E-state index in [1.807, 2.05) is 11.0 Å². The number of carbonyl (C=O) groups is 1. The van der Waals surface area contributed by atoms with Crippen LogP contribution in [0, 0.1) is 5.41 Å². The zero-order chi connectivity index (χ0) is 26.1. The number of rotatable bonds is 6. The molecule has 196 valence electrons. The van der Waals surface area contributed by atoms with Crippen LogP contribution < -0.4 is 10.2 Å². The molecule has 1 amide bonds. The molecule has 2 aliphatic heterocycles. The third kappa shape index (κ3) is 3.71. The third-order valence-corrected chi connectivity index (χ3v) is 7.66. The fourth-order valence-electron chi connectivity index (χ4n) is 5.44. The van der Waals surface area contributed by atoms with Crippen LogP contribution in [-0.2, 0) is 21.5 Å². The quantitative estimate of drug-likeness (QED) is 0.398. The first-order chi connectivity index (χ1) is 18.3. The molecule has 2 saturated heterocycles. The number of fused-ring (bicyclic) bond motifs is 1. The number of halogens is 3. The Bertz CT molecular complexity index is 1530. The van der Waals surface area contributed by atoms with E-state index in [0.717, 1.165) is 10.2 Å². The van der Waals surface area contributed by atoms with E-state index in [1.165, 1.54) is 12.4 Å². The van der Waals surface area contributed by atoms with Crippen molar-refractivity contribution in [3.63, 3.8) is 0 Å². The average molecular weight is 525 g/mol. The zero-order valence-corrected chi connectivity index (χ0v) is 20.1. The summed E-state index contributed by atoms with van der Waals surface area (Å²) in [5, 5.41) is 14.7. The van der Waals surface area contributed by atoms with Crippen molar-refractivity contribution in [3.8, 4) is 11.4 Å². The summed E-state index contributed by atoms with van der Waals surface area (Å²) in [4.78, 5) is 23.9. The molecule has 0 bridgehead atoms. The molecule has 4 aromatic heterocycles. The van der Waals surface area contributed by atoms with Gasteiger partial charge < -0.3 is 15.0 Å². The van der Waals surface area contributed by atoms with Crippen molar-refractivity contribution >= 4 is 28.3 Å². The molecule has 0 atom stereocenters. The number of aromatic amines is 1. The van der Waals surface area contributed by atoms with Gasteiger partial charge in [0.05, 0.1) is 52.5 Å². The zero-order valence-electron chi connectivity index (χ0n) is 20.1. The number of carbonyl (C=O) groups excluding carboxylic acids is 1. The van der Waals surface area contributed by atoms with Gasteiger partial charge in [-0.2, -0.15) is 23.4 Å². The van der Waals surface area contributed by atoms with E-state index in [-0.39, 0.29) is 11.3 Å². The summed E-state index contributed by atoms with van der Waals surface area (Å²) >= 11 is 0. The minimum absolute atomic E-state index is 0.0747. The molecular weight excluding hydrogens is 501 g/mol. The molecule has 3 aliphatic rings. The molecule has 6 heterocycles. The molecule has 7 rings (SSSR count). The highest BCUT2D eigenvalue weighted by molar-refractivity contribution is 6.03. The first-order valence-corrected chi connectivity index (χ1v) is 12.3. The van der Waals surface area contributed by atoms with Crippen molar-refractivity contribution in [2.45, 2.75) is 31.0 Å². The topological polar surface area (TPSA) is 114 Å². The summed E-state index contributed by atoms with van der Waals surface area (Å²) in [6.07, 6.45) is 3.30. The molecule has 1 spiro atoms. The van der Waals surface area contributed by atoms with Gasteiger partial charge in [-0.15, -0.1) is 0 Å². The van der Waals surface area contributed by atoms with Crippen LogP contribution in [0.3, 0.4) is 0 Å². The van der Waals surface area contributed by atoms with Gasteiger partial charge in [0.25, 0.3) is 0 Å². The fraction of sp³-hybridized carbons (Fsp3) is 0.400. The standard InChI is InChI=1S/C25H23F3N8O2/c26-25(27,28)12-36-19-6-17(30-8-16(19)21(34-36)35-10-23(11-35)13-38-14-23)20-18(9-31-33-20)32-22(37)24(3-4-24)15-2-1-5-29-7-15/h1-2,5-9H,3-4,10-14H2,(H,31,33)(H,32,37). The van der Waals surface area contributed by atoms with E-state index in [2.05, 4.69) is 30.6 Å². The van der Waals surface area contributed by atoms with E-state index in [0.29, 0.717) is 72.9 Å². The molecule has 10 nitrogen and oxygen atoms in total. The van der Waals surface area contributed by atoms with Crippen LogP contribution in [0.1, 0.15) is 18.4 Å². The first kappa shape index (κ1) is 23.1. The Kier molecular flexibility index (Phi) is 4.87. The number of pyridine rings is 2. The van der Waals surface area contributed by atoms with Gasteiger partial charge in [0.2, 0.25) is 5.91 Å². The minimum atomic E-state index is -4.45. The van der Waals surface area contributed by atoms with Crippen LogP contribution in [0.2, 0.25) is 0 Å². The second-order valence-corrected chi connectivity index (χ2v) is 10.5. The monoisotopic (exact) mass is 524 g/mol. The maximum absolute atomic E-state index is 13.4. The van der Waals surface area contributed by atoms with Crippen LogP contribution in [0.4, 0.5) is 24.7 Å². The average Bonchev–Trinajstić information content (AvgIpc) is 3.42. The molecule has 4 aromatic rings. The minimum Gasteiger partial charge on any atom is -0.380 e. The van der Waals surface area contributed by atoms with Crippen LogP contribution in [-0.4, -0.2) is 68.3 Å². The van der Waals surface area contributed by atoms with Gasteiger partial charge >= 0.3 is 6.18 Å². The number of H-pyrrole nitrogens is 1. The van der Waals surface area contributed by atoms with E-state index >= 15 is 0 Å².